The van der Waals surface area contributed by atoms with Crippen LogP contribution in [0.2, 0.25) is 0 Å². The van der Waals surface area contributed by atoms with E-state index in [-0.39, 0.29) is 5.75 Å². The summed E-state index contributed by atoms with van der Waals surface area (Å²) in [7, 11) is -1.43. The van der Waals surface area contributed by atoms with Gasteiger partial charge in [-0.25, -0.2) is 13.4 Å². The van der Waals surface area contributed by atoms with Gasteiger partial charge in [0.25, 0.3) is 0 Å². The van der Waals surface area contributed by atoms with Gasteiger partial charge in [-0.15, -0.1) is 0 Å². The van der Waals surface area contributed by atoms with Gasteiger partial charge in [-0.1, -0.05) is 13.3 Å². The quantitative estimate of drug-likeness (QED) is 0.823. The fourth-order valence-electron chi connectivity index (χ4n) is 2.86. The van der Waals surface area contributed by atoms with Gasteiger partial charge >= 0.3 is 0 Å². The summed E-state index contributed by atoms with van der Waals surface area (Å²) in [6.07, 6.45) is 3.98. The summed E-state index contributed by atoms with van der Waals surface area (Å²) in [5.41, 5.74) is 1.29. The highest BCUT2D eigenvalue weighted by Crippen LogP contribution is 2.23. The van der Waals surface area contributed by atoms with Gasteiger partial charge in [0.15, 0.2) is 6.10 Å². The third kappa shape index (κ3) is 3.24. The van der Waals surface area contributed by atoms with Crippen molar-refractivity contribution in [2.24, 2.45) is 7.05 Å². The molecular formula is C15H23N5O3S. The highest BCUT2D eigenvalue weighted by atomic mass is 32.2. The molecule has 9 heteroatoms. The number of aryl methyl sites for hydroxylation is 1. The van der Waals surface area contributed by atoms with E-state index in [9.17, 15) is 13.5 Å². The normalized spacial score (nSPS) is 17.0. The summed E-state index contributed by atoms with van der Waals surface area (Å²) >= 11 is 0. The van der Waals surface area contributed by atoms with Crippen LogP contribution < -0.4 is 0 Å². The van der Waals surface area contributed by atoms with E-state index >= 15 is 0 Å². The van der Waals surface area contributed by atoms with Crippen LogP contribution in [0, 0.1) is 0 Å². The maximum Gasteiger partial charge on any atom is 0.214 e. The second kappa shape index (κ2) is 6.66. The lowest BCUT2D eigenvalue weighted by Gasteiger charge is -2.26. The van der Waals surface area contributed by atoms with Gasteiger partial charge < -0.3 is 9.67 Å². The van der Waals surface area contributed by atoms with Gasteiger partial charge in [0, 0.05) is 26.0 Å². The summed E-state index contributed by atoms with van der Waals surface area (Å²) in [4.78, 5) is 4.14. The minimum Gasteiger partial charge on any atom is -0.379 e. The Kier molecular flexibility index (Phi) is 4.75. The predicted molar refractivity (Wildman–Crippen MR) is 88.6 cm³/mol. The molecule has 2 aromatic rings. The molecule has 0 aromatic carbocycles. The Morgan fingerprint density at radius 2 is 2.17 bits per heavy atom. The largest absolute Gasteiger partial charge is 0.379 e. The molecule has 0 fully saturated rings. The van der Waals surface area contributed by atoms with Gasteiger partial charge in [-0.2, -0.15) is 9.40 Å². The monoisotopic (exact) mass is 353 g/mol. The zero-order chi connectivity index (χ0) is 17.3. The first-order valence-electron chi connectivity index (χ1n) is 8.12. The standard InChI is InChI=1S/C15H23N5O3S/c1-3-4-9-24(22,23)19-7-8-20-12(11-19)10-13(17-20)14(21)15-16-5-6-18(15)2/h5-6,10,14,21H,3-4,7-9,11H2,1-2H3/t14-/m0/s1. The second-order valence-electron chi connectivity index (χ2n) is 6.09. The van der Waals surface area contributed by atoms with Crippen molar-refractivity contribution in [2.75, 3.05) is 12.3 Å². The number of aliphatic hydroxyl groups excluding tert-OH is 1. The summed E-state index contributed by atoms with van der Waals surface area (Å²) in [5.74, 6) is 0.693. The lowest BCUT2D eigenvalue weighted by molar-refractivity contribution is 0.200. The van der Waals surface area contributed by atoms with Crippen LogP contribution in [-0.4, -0.2) is 49.5 Å². The molecule has 24 heavy (non-hydrogen) atoms. The molecule has 0 saturated carbocycles. The molecule has 0 aliphatic carbocycles. The number of imidazole rings is 1. The molecule has 132 valence electrons. The number of fused-ring (bicyclic) bond motifs is 1. The SMILES string of the molecule is CCCCS(=O)(=O)N1CCn2nc([C@H](O)c3nccn3C)cc2C1. The Balaban J connectivity index is 1.79. The van der Waals surface area contributed by atoms with Crippen molar-refractivity contribution in [2.45, 2.75) is 39.0 Å². The number of aliphatic hydroxyl groups is 1. The van der Waals surface area contributed by atoms with Crippen LogP contribution in [0.5, 0.6) is 0 Å². The van der Waals surface area contributed by atoms with Gasteiger partial charge in [0.2, 0.25) is 10.0 Å². The second-order valence-corrected chi connectivity index (χ2v) is 8.17. The molecule has 0 bridgehead atoms. The minimum atomic E-state index is -3.24. The molecular weight excluding hydrogens is 330 g/mol. The summed E-state index contributed by atoms with van der Waals surface area (Å²) in [6, 6.07) is 1.76. The van der Waals surface area contributed by atoms with Crippen LogP contribution in [0.1, 0.15) is 43.1 Å². The Labute approximate surface area is 141 Å². The summed E-state index contributed by atoms with van der Waals surface area (Å²) < 4.78 is 29.7. The first kappa shape index (κ1) is 17.1. The van der Waals surface area contributed by atoms with Crippen molar-refractivity contribution in [1.29, 1.82) is 0 Å². The summed E-state index contributed by atoms with van der Waals surface area (Å²) in [6.45, 7) is 3.19. The molecule has 1 aliphatic heterocycles. The molecule has 1 N–H and O–H groups in total. The van der Waals surface area contributed by atoms with E-state index in [2.05, 4.69) is 10.1 Å². The van der Waals surface area contributed by atoms with Crippen LogP contribution in [0.15, 0.2) is 18.5 Å². The van der Waals surface area contributed by atoms with Crippen LogP contribution in [0.4, 0.5) is 0 Å². The minimum absolute atomic E-state index is 0.181. The molecule has 0 radical (unpaired) electrons. The molecule has 8 nitrogen and oxygen atoms in total. The molecule has 0 amide bonds. The third-order valence-corrected chi connectivity index (χ3v) is 6.22. The molecule has 2 aromatic heterocycles. The number of nitrogens with zero attached hydrogens (tertiary/aromatic N) is 5. The van der Waals surface area contributed by atoms with Gasteiger partial charge in [0.1, 0.15) is 5.82 Å². The van der Waals surface area contributed by atoms with Gasteiger partial charge in [-0.3, -0.25) is 4.68 Å². The Morgan fingerprint density at radius 3 is 2.83 bits per heavy atom. The van der Waals surface area contributed by atoms with Crippen LogP contribution in [0.25, 0.3) is 0 Å². The topological polar surface area (TPSA) is 93.2 Å². The van der Waals surface area contributed by atoms with E-state index in [0.29, 0.717) is 37.6 Å². The lowest BCUT2D eigenvalue weighted by atomic mass is 10.2. The van der Waals surface area contributed by atoms with Crippen molar-refractivity contribution < 1.29 is 13.5 Å². The molecule has 1 aliphatic rings. The Hall–Kier alpha value is -1.71. The first-order chi connectivity index (χ1) is 11.4. The maximum atomic E-state index is 12.4. The summed E-state index contributed by atoms with van der Waals surface area (Å²) in [5, 5.41) is 14.9. The maximum absolute atomic E-state index is 12.4. The van der Waals surface area contributed by atoms with E-state index in [1.54, 1.807) is 27.7 Å². The van der Waals surface area contributed by atoms with E-state index in [1.807, 2.05) is 14.0 Å². The van der Waals surface area contributed by atoms with E-state index in [4.69, 9.17) is 0 Å². The van der Waals surface area contributed by atoms with Crippen molar-refractivity contribution in [3.05, 3.63) is 35.7 Å². The molecule has 0 unspecified atom stereocenters. The van der Waals surface area contributed by atoms with Crippen LogP contribution in [0.3, 0.4) is 0 Å². The van der Waals surface area contributed by atoms with Gasteiger partial charge in [0.05, 0.1) is 30.2 Å². The van der Waals surface area contributed by atoms with E-state index < -0.39 is 16.1 Å². The number of sulfonamides is 1. The molecule has 0 spiro atoms. The van der Waals surface area contributed by atoms with E-state index in [0.717, 1.165) is 12.1 Å². The fourth-order valence-corrected chi connectivity index (χ4v) is 4.46. The zero-order valence-corrected chi connectivity index (χ0v) is 14.8. The smallest absolute Gasteiger partial charge is 0.214 e. The molecule has 3 heterocycles. The first-order valence-corrected chi connectivity index (χ1v) is 9.73. The van der Waals surface area contributed by atoms with Crippen molar-refractivity contribution >= 4 is 10.0 Å². The molecule has 1 atom stereocenters. The Morgan fingerprint density at radius 1 is 1.38 bits per heavy atom. The average molecular weight is 353 g/mol. The highest BCUT2D eigenvalue weighted by Gasteiger charge is 2.29. The van der Waals surface area contributed by atoms with Gasteiger partial charge in [-0.05, 0) is 12.5 Å². The number of aromatic nitrogens is 4. The van der Waals surface area contributed by atoms with Crippen molar-refractivity contribution in [3.63, 3.8) is 0 Å². The number of hydrogen-bond donors (Lipinski definition) is 1. The van der Waals surface area contributed by atoms with Crippen LogP contribution in [-0.2, 0) is 30.2 Å². The number of hydrogen-bond acceptors (Lipinski definition) is 5. The predicted octanol–water partition coefficient (Wildman–Crippen LogP) is 0.644. The molecule has 0 saturated heterocycles. The van der Waals surface area contributed by atoms with Crippen molar-refractivity contribution in [3.8, 4) is 0 Å². The number of rotatable bonds is 6. The van der Waals surface area contributed by atoms with Crippen molar-refractivity contribution in [1.82, 2.24) is 23.6 Å². The van der Waals surface area contributed by atoms with E-state index in [1.165, 1.54) is 4.31 Å². The Bertz CT molecular complexity index is 811. The zero-order valence-electron chi connectivity index (χ0n) is 14.0. The molecule has 3 rings (SSSR count). The fraction of sp³-hybridized carbons (Fsp3) is 0.600. The average Bonchev–Trinajstić information content (AvgIpc) is 3.17. The lowest BCUT2D eigenvalue weighted by Crippen LogP contribution is -2.39. The highest BCUT2D eigenvalue weighted by molar-refractivity contribution is 7.89. The van der Waals surface area contributed by atoms with Crippen LogP contribution >= 0.6 is 0 Å². The third-order valence-electron chi connectivity index (χ3n) is 4.31. The number of unbranched alkanes of at least 4 members (excludes halogenated alkanes) is 1.